The number of rotatable bonds is 5. The number of anilines is 1. The van der Waals surface area contributed by atoms with Crippen LogP contribution in [0.4, 0.5) is 5.69 Å². The molecule has 0 aliphatic carbocycles. The standard InChI is InChI=1S/C16H16N2O3/c1-11-2-4-14(21-11)7-18-13-3-5-15(12(6-13)9-19)16-8-17-10-20-16/h2-6,8,10,18-19H,7,9H2,1H3. The van der Waals surface area contributed by atoms with Crippen LogP contribution < -0.4 is 5.32 Å². The Labute approximate surface area is 122 Å². The number of aliphatic hydroxyl groups excluding tert-OH is 1. The lowest BCUT2D eigenvalue weighted by Crippen LogP contribution is -1.99. The van der Waals surface area contributed by atoms with Crippen molar-refractivity contribution in [3.8, 4) is 11.3 Å². The molecule has 0 spiro atoms. The summed E-state index contributed by atoms with van der Waals surface area (Å²) in [5, 5.41) is 12.8. The van der Waals surface area contributed by atoms with Gasteiger partial charge in [-0.3, -0.25) is 0 Å². The molecule has 3 aromatic rings. The average molecular weight is 284 g/mol. The van der Waals surface area contributed by atoms with Gasteiger partial charge in [-0.2, -0.15) is 0 Å². The Balaban J connectivity index is 1.78. The number of aromatic nitrogens is 1. The molecule has 1 aromatic carbocycles. The van der Waals surface area contributed by atoms with Gasteiger partial charge in [0.05, 0.1) is 19.3 Å². The maximum absolute atomic E-state index is 9.52. The summed E-state index contributed by atoms with van der Waals surface area (Å²) in [6.45, 7) is 2.45. The van der Waals surface area contributed by atoms with Crippen molar-refractivity contribution in [2.24, 2.45) is 0 Å². The minimum atomic E-state index is -0.0641. The second kappa shape index (κ2) is 5.85. The number of benzene rings is 1. The predicted octanol–water partition coefficient (Wildman–Crippen LogP) is 3.35. The van der Waals surface area contributed by atoms with Gasteiger partial charge in [0.25, 0.3) is 0 Å². The predicted molar refractivity (Wildman–Crippen MR) is 78.6 cm³/mol. The fourth-order valence-corrected chi connectivity index (χ4v) is 2.19. The highest BCUT2D eigenvalue weighted by Crippen LogP contribution is 2.26. The van der Waals surface area contributed by atoms with E-state index in [9.17, 15) is 5.11 Å². The van der Waals surface area contributed by atoms with E-state index in [-0.39, 0.29) is 6.61 Å². The molecular weight excluding hydrogens is 268 g/mol. The molecule has 2 N–H and O–H groups in total. The van der Waals surface area contributed by atoms with Gasteiger partial charge in [0.15, 0.2) is 12.2 Å². The van der Waals surface area contributed by atoms with E-state index in [1.54, 1.807) is 6.20 Å². The maximum Gasteiger partial charge on any atom is 0.181 e. The molecule has 0 fully saturated rings. The Morgan fingerprint density at radius 1 is 1.24 bits per heavy atom. The zero-order valence-electron chi connectivity index (χ0n) is 11.7. The molecule has 21 heavy (non-hydrogen) atoms. The summed E-state index contributed by atoms with van der Waals surface area (Å²) in [4.78, 5) is 3.90. The molecule has 0 aliphatic heterocycles. The Morgan fingerprint density at radius 3 is 2.81 bits per heavy atom. The minimum Gasteiger partial charge on any atom is -0.465 e. The first-order chi connectivity index (χ1) is 10.3. The zero-order valence-corrected chi connectivity index (χ0v) is 11.7. The number of oxazole rings is 1. The van der Waals surface area contributed by atoms with Gasteiger partial charge in [-0.05, 0) is 42.8 Å². The summed E-state index contributed by atoms with van der Waals surface area (Å²) in [5.74, 6) is 2.41. The maximum atomic E-state index is 9.52. The van der Waals surface area contributed by atoms with E-state index in [1.165, 1.54) is 6.39 Å². The Bertz CT molecular complexity index is 717. The Kier molecular flexibility index (Phi) is 3.75. The van der Waals surface area contributed by atoms with Crippen molar-refractivity contribution in [2.45, 2.75) is 20.1 Å². The van der Waals surface area contributed by atoms with Crippen LogP contribution in [0.15, 0.2) is 51.8 Å². The lowest BCUT2D eigenvalue weighted by Gasteiger charge is -2.09. The van der Waals surface area contributed by atoms with E-state index in [1.807, 2.05) is 37.3 Å². The Morgan fingerprint density at radius 2 is 2.14 bits per heavy atom. The number of nitrogens with one attached hydrogen (secondary N) is 1. The number of nitrogens with zero attached hydrogens (tertiary/aromatic N) is 1. The lowest BCUT2D eigenvalue weighted by molar-refractivity contribution is 0.282. The Hall–Kier alpha value is -2.53. The summed E-state index contributed by atoms with van der Waals surface area (Å²) in [6.07, 6.45) is 3.01. The third kappa shape index (κ3) is 2.98. The van der Waals surface area contributed by atoms with Crippen LogP contribution in [-0.4, -0.2) is 10.1 Å². The van der Waals surface area contributed by atoms with Crippen LogP contribution in [0, 0.1) is 6.92 Å². The fraction of sp³-hybridized carbons (Fsp3) is 0.188. The monoisotopic (exact) mass is 284 g/mol. The van der Waals surface area contributed by atoms with Crippen LogP contribution >= 0.6 is 0 Å². The first-order valence-corrected chi connectivity index (χ1v) is 6.68. The molecular formula is C16H16N2O3. The highest BCUT2D eigenvalue weighted by Gasteiger charge is 2.09. The van der Waals surface area contributed by atoms with Gasteiger partial charge in [0, 0.05) is 11.3 Å². The smallest absolute Gasteiger partial charge is 0.181 e. The molecule has 0 unspecified atom stereocenters. The number of hydrogen-bond acceptors (Lipinski definition) is 5. The molecule has 3 rings (SSSR count). The second-order valence-electron chi connectivity index (χ2n) is 4.76. The summed E-state index contributed by atoms with van der Waals surface area (Å²) in [7, 11) is 0. The first-order valence-electron chi connectivity index (χ1n) is 6.68. The van der Waals surface area contributed by atoms with Crippen molar-refractivity contribution in [3.05, 3.63) is 60.0 Å². The number of furan rings is 1. The zero-order chi connectivity index (χ0) is 14.7. The quantitative estimate of drug-likeness (QED) is 0.751. The molecule has 2 aromatic heterocycles. The van der Waals surface area contributed by atoms with E-state index >= 15 is 0 Å². The van der Waals surface area contributed by atoms with Gasteiger partial charge in [0.1, 0.15) is 11.5 Å². The summed E-state index contributed by atoms with van der Waals surface area (Å²) in [5.41, 5.74) is 2.54. The first kappa shape index (κ1) is 13.5. The van der Waals surface area contributed by atoms with E-state index in [0.29, 0.717) is 12.3 Å². The van der Waals surface area contributed by atoms with E-state index in [0.717, 1.165) is 28.3 Å². The van der Waals surface area contributed by atoms with Crippen molar-refractivity contribution in [2.75, 3.05) is 5.32 Å². The van der Waals surface area contributed by atoms with Crippen LogP contribution in [0.2, 0.25) is 0 Å². The molecule has 0 radical (unpaired) electrons. The summed E-state index contributed by atoms with van der Waals surface area (Å²) >= 11 is 0. The highest BCUT2D eigenvalue weighted by molar-refractivity contribution is 5.65. The number of aliphatic hydroxyl groups is 1. The number of aryl methyl sites for hydroxylation is 1. The van der Waals surface area contributed by atoms with Crippen molar-refractivity contribution >= 4 is 5.69 Å². The van der Waals surface area contributed by atoms with Gasteiger partial charge in [-0.25, -0.2) is 4.98 Å². The van der Waals surface area contributed by atoms with Crippen LogP contribution in [0.1, 0.15) is 17.1 Å². The molecule has 0 aliphatic rings. The van der Waals surface area contributed by atoms with Crippen LogP contribution in [0.3, 0.4) is 0 Å². The van der Waals surface area contributed by atoms with Gasteiger partial charge in [-0.15, -0.1) is 0 Å². The van der Waals surface area contributed by atoms with E-state index in [2.05, 4.69) is 10.3 Å². The summed E-state index contributed by atoms with van der Waals surface area (Å²) < 4.78 is 10.8. The molecule has 0 bridgehead atoms. The second-order valence-corrected chi connectivity index (χ2v) is 4.76. The third-order valence-corrected chi connectivity index (χ3v) is 3.24. The molecule has 0 saturated carbocycles. The van der Waals surface area contributed by atoms with E-state index < -0.39 is 0 Å². The van der Waals surface area contributed by atoms with Crippen molar-refractivity contribution in [3.63, 3.8) is 0 Å². The topological polar surface area (TPSA) is 71.4 Å². The third-order valence-electron chi connectivity index (χ3n) is 3.24. The molecule has 2 heterocycles. The number of hydrogen-bond donors (Lipinski definition) is 2. The molecule has 5 nitrogen and oxygen atoms in total. The average Bonchev–Trinajstić information content (AvgIpc) is 3.16. The van der Waals surface area contributed by atoms with Crippen molar-refractivity contribution < 1.29 is 13.9 Å². The largest absolute Gasteiger partial charge is 0.465 e. The van der Waals surface area contributed by atoms with Crippen LogP contribution in [0.25, 0.3) is 11.3 Å². The molecule has 0 amide bonds. The SMILES string of the molecule is Cc1ccc(CNc2ccc(-c3cnco3)c(CO)c2)o1. The molecule has 0 atom stereocenters. The summed E-state index contributed by atoms with van der Waals surface area (Å²) in [6, 6.07) is 9.61. The van der Waals surface area contributed by atoms with Crippen molar-refractivity contribution in [1.82, 2.24) is 4.98 Å². The van der Waals surface area contributed by atoms with E-state index in [4.69, 9.17) is 8.83 Å². The van der Waals surface area contributed by atoms with Crippen molar-refractivity contribution in [1.29, 1.82) is 0 Å². The lowest BCUT2D eigenvalue weighted by atomic mass is 10.1. The van der Waals surface area contributed by atoms with Gasteiger partial charge in [-0.1, -0.05) is 0 Å². The minimum absolute atomic E-state index is 0.0641. The van der Waals surface area contributed by atoms with Crippen LogP contribution in [-0.2, 0) is 13.2 Å². The normalized spacial score (nSPS) is 10.8. The van der Waals surface area contributed by atoms with Gasteiger partial charge >= 0.3 is 0 Å². The van der Waals surface area contributed by atoms with Crippen LogP contribution in [0.5, 0.6) is 0 Å². The molecule has 0 saturated heterocycles. The fourth-order valence-electron chi connectivity index (χ4n) is 2.19. The highest BCUT2D eigenvalue weighted by atomic mass is 16.3. The molecule has 5 heteroatoms. The van der Waals surface area contributed by atoms with Gasteiger partial charge in [0.2, 0.25) is 0 Å². The molecule has 108 valence electrons. The van der Waals surface area contributed by atoms with Gasteiger partial charge < -0.3 is 19.3 Å².